The van der Waals surface area contributed by atoms with Crippen LogP contribution in [-0.2, 0) is 14.3 Å². The summed E-state index contributed by atoms with van der Waals surface area (Å²) in [5, 5.41) is 5.88. The van der Waals surface area contributed by atoms with E-state index in [0.29, 0.717) is 39.3 Å². The SMILES string of the molecule is CCNC(=O)C1CCN(C(=O)CNCCOC)CC1. The van der Waals surface area contributed by atoms with Gasteiger partial charge in [-0.25, -0.2) is 0 Å². The third-order valence-electron chi connectivity index (χ3n) is 3.33. The van der Waals surface area contributed by atoms with E-state index in [-0.39, 0.29) is 17.7 Å². The Kier molecular flexibility index (Phi) is 7.43. The molecule has 6 heteroatoms. The van der Waals surface area contributed by atoms with E-state index < -0.39 is 0 Å². The average Bonchev–Trinajstić information content (AvgIpc) is 2.44. The molecule has 0 saturated carbocycles. The van der Waals surface area contributed by atoms with Crippen molar-refractivity contribution in [2.45, 2.75) is 19.8 Å². The van der Waals surface area contributed by atoms with Gasteiger partial charge in [0.15, 0.2) is 0 Å². The number of nitrogens with one attached hydrogen (secondary N) is 2. The average molecular weight is 271 g/mol. The van der Waals surface area contributed by atoms with Gasteiger partial charge in [-0.3, -0.25) is 9.59 Å². The van der Waals surface area contributed by atoms with Gasteiger partial charge in [-0.05, 0) is 19.8 Å². The molecule has 1 aliphatic heterocycles. The minimum Gasteiger partial charge on any atom is -0.383 e. The van der Waals surface area contributed by atoms with Crippen molar-refractivity contribution in [3.63, 3.8) is 0 Å². The Balaban J connectivity index is 2.21. The van der Waals surface area contributed by atoms with Gasteiger partial charge < -0.3 is 20.3 Å². The number of rotatable bonds is 7. The first-order valence-electron chi connectivity index (χ1n) is 6.94. The van der Waals surface area contributed by atoms with Crippen molar-refractivity contribution in [2.24, 2.45) is 5.92 Å². The number of carbonyl (C=O) groups is 2. The summed E-state index contributed by atoms with van der Waals surface area (Å²) >= 11 is 0. The van der Waals surface area contributed by atoms with Gasteiger partial charge in [-0.1, -0.05) is 0 Å². The first kappa shape index (κ1) is 15.9. The molecule has 0 aromatic rings. The maximum absolute atomic E-state index is 11.9. The van der Waals surface area contributed by atoms with E-state index in [9.17, 15) is 9.59 Å². The second-order valence-corrected chi connectivity index (χ2v) is 4.72. The van der Waals surface area contributed by atoms with E-state index in [1.54, 1.807) is 7.11 Å². The fourth-order valence-corrected chi connectivity index (χ4v) is 2.19. The second-order valence-electron chi connectivity index (χ2n) is 4.72. The summed E-state index contributed by atoms with van der Waals surface area (Å²) in [6.45, 7) is 5.56. The van der Waals surface area contributed by atoms with Crippen molar-refractivity contribution in [3.05, 3.63) is 0 Å². The first-order valence-corrected chi connectivity index (χ1v) is 6.94. The predicted molar refractivity (Wildman–Crippen MR) is 72.7 cm³/mol. The Bertz CT molecular complexity index is 289. The summed E-state index contributed by atoms with van der Waals surface area (Å²) < 4.78 is 4.90. The second kappa shape index (κ2) is 8.87. The summed E-state index contributed by atoms with van der Waals surface area (Å²) in [4.78, 5) is 25.4. The molecule has 0 unspecified atom stereocenters. The fraction of sp³-hybridized carbons (Fsp3) is 0.846. The molecule has 0 aliphatic carbocycles. The molecular formula is C13H25N3O3. The van der Waals surface area contributed by atoms with Crippen LogP contribution in [0.5, 0.6) is 0 Å². The number of methoxy groups -OCH3 is 1. The van der Waals surface area contributed by atoms with Gasteiger partial charge in [0, 0.05) is 39.2 Å². The van der Waals surface area contributed by atoms with Crippen LogP contribution in [0.25, 0.3) is 0 Å². The molecule has 2 N–H and O–H groups in total. The lowest BCUT2D eigenvalue weighted by Crippen LogP contribution is -2.46. The summed E-state index contributed by atoms with van der Waals surface area (Å²) in [6, 6.07) is 0. The summed E-state index contributed by atoms with van der Waals surface area (Å²) in [5.41, 5.74) is 0. The molecule has 0 bridgehead atoms. The lowest BCUT2D eigenvalue weighted by atomic mass is 9.96. The molecule has 19 heavy (non-hydrogen) atoms. The highest BCUT2D eigenvalue weighted by Gasteiger charge is 2.26. The highest BCUT2D eigenvalue weighted by atomic mass is 16.5. The van der Waals surface area contributed by atoms with Crippen LogP contribution in [0, 0.1) is 5.92 Å². The quantitative estimate of drug-likeness (QED) is 0.618. The number of nitrogens with zero attached hydrogens (tertiary/aromatic N) is 1. The lowest BCUT2D eigenvalue weighted by molar-refractivity contribution is -0.134. The first-order chi connectivity index (χ1) is 9.19. The zero-order valence-electron chi connectivity index (χ0n) is 11.9. The van der Waals surface area contributed by atoms with E-state index in [2.05, 4.69) is 10.6 Å². The molecule has 1 rings (SSSR count). The summed E-state index contributed by atoms with van der Waals surface area (Å²) in [6.07, 6.45) is 1.52. The van der Waals surface area contributed by atoms with Gasteiger partial charge in [-0.2, -0.15) is 0 Å². The zero-order valence-corrected chi connectivity index (χ0v) is 11.9. The van der Waals surface area contributed by atoms with Crippen molar-refractivity contribution in [1.82, 2.24) is 15.5 Å². The lowest BCUT2D eigenvalue weighted by Gasteiger charge is -2.31. The maximum atomic E-state index is 11.9. The van der Waals surface area contributed by atoms with Crippen LogP contribution in [0.1, 0.15) is 19.8 Å². The normalized spacial score (nSPS) is 16.4. The number of ether oxygens (including phenoxy) is 1. The van der Waals surface area contributed by atoms with Crippen LogP contribution in [0.4, 0.5) is 0 Å². The largest absolute Gasteiger partial charge is 0.383 e. The standard InChI is InChI=1S/C13H25N3O3/c1-3-15-13(18)11-4-7-16(8-5-11)12(17)10-14-6-9-19-2/h11,14H,3-10H2,1-2H3,(H,15,18). The third kappa shape index (κ3) is 5.57. The molecule has 6 nitrogen and oxygen atoms in total. The minimum absolute atomic E-state index is 0.0606. The molecule has 1 fully saturated rings. The molecule has 0 radical (unpaired) electrons. The molecule has 110 valence electrons. The Morgan fingerprint density at radius 2 is 2.00 bits per heavy atom. The number of carbonyl (C=O) groups excluding carboxylic acids is 2. The minimum atomic E-state index is 0.0606. The van der Waals surface area contributed by atoms with Crippen molar-refractivity contribution < 1.29 is 14.3 Å². The van der Waals surface area contributed by atoms with Crippen molar-refractivity contribution in [1.29, 1.82) is 0 Å². The van der Waals surface area contributed by atoms with Crippen LogP contribution in [0.2, 0.25) is 0 Å². The third-order valence-corrected chi connectivity index (χ3v) is 3.33. The predicted octanol–water partition coefficient (Wildman–Crippen LogP) is -0.403. The number of piperidine rings is 1. The Morgan fingerprint density at radius 3 is 2.58 bits per heavy atom. The molecule has 2 amide bonds. The summed E-state index contributed by atoms with van der Waals surface area (Å²) in [7, 11) is 1.63. The van der Waals surface area contributed by atoms with E-state index in [1.165, 1.54) is 0 Å². The molecular weight excluding hydrogens is 246 g/mol. The highest BCUT2D eigenvalue weighted by molar-refractivity contribution is 5.80. The number of amides is 2. The Hall–Kier alpha value is -1.14. The maximum Gasteiger partial charge on any atom is 0.236 e. The topological polar surface area (TPSA) is 70.7 Å². The molecule has 1 heterocycles. The summed E-state index contributed by atoms with van der Waals surface area (Å²) in [5.74, 6) is 0.281. The highest BCUT2D eigenvalue weighted by Crippen LogP contribution is 2.17. The van der Waals surface area contributed by atoms with Gasteiger partial charge >= 0.3 is 0 Å². The monoisotopic (exact) mass is 271 g/mol. The number of likely N-dealkylation sites (tertiary alicyclic amines) is 1. The van der Waals surface area contributed by atoms with Crippen LogP contribution >= 0.6 is 0 Å². The molecule has 0 spiro atoms. The van der Waals surface area contributed by atoms with Gasteiger partial charge in [0.05, 0.1) is 13.2 Å². The van der Waals surface area contributed by atoms with Crippen molar-refractivity contribution in [2.75, 3.05) is 46.4 Å². The van der Waals surface area contributed by atoms with Crippen molar-refractivity contribution >= 4 is 11.8 Å². The zero-order chi connectivity index (χ0) is 14.1. The van der Waals surface area contributed by atoms with Crippen LogP contribution < -0.4 is 10.6 Å². The number of hydrogen-bond acceptors (Lipinski definition) is 4. The van der Waals surface area contributed by atoms with E-state index in [4.69, 9.17) is 4.74 Å². The van der Waals surface area contributed by atoms with Gasteiger partial charge in [0.2, 0.25) is 11.8 Å². The molecule has 0 aromatic heterocycles. The van der Waals surface area contributed by atoms with Crippen LogP contribution in [0.3, 0.4) is 0 Å². The molecule has 0 aromatic carbocycles. The fourth-order valence-electron chi connectivity index (χ4n) is 2.19. The van der Waals surface area contributed by atoms with Gasteiger partial charge in [0.25, 0.3) is 0 Å². The smallest absolute Gasteiger partial charge is 0.236 e. The Morgan fingerprint density at radius 1 is 1.32 bits per heavy atom. The van der Waals surface area contributed by atoms with E-state index in [0.717, 1.165) is 12.8 Å². The van der Waals surface area contributed by atoms with Crippen molar-refractivity contribution in [3.8, 4) is 0 Å². The van der Waals surface area contributed by atoms with Gasteiger partial charge in [-0.15, -0.1) is 0 Å². The van der Waals surface area contributed by atoms with E-state index in [1.807, 2.05) is 11.8 Å². The molecule has 0 atom stereocenters. The Labute approximate surface area is 114 Å². The van der Waals surface area contributed by atoms with Crippen LogP contribution in [0.15, 0.2) is 0 Å². The van der Waals surface area contributed by atoms with E-state index >= 15 is 0 Å². The number of hydrogen-bond donors (Lipinski definition) is 2. The van der Waals surface area contributed by atoms with Gasteiger partial charge in [0.1, 0.15) is 0 Å². The molecule has 1 saturated heterocycles. The van der Waals surface area contributed by atoms with Crippen LogP contribution in [-0.4, -0.2) is 63.2 Å². The molecule has 1 aliphatic rings.